The summed E-state index contributed by atoms with van der Waals surface area (Å²) in [6, 6.07) is 15.5. The standard InChI is InChI=1S/C16H15ClN2O/c17-12-4-6-14(7-5-12)20-10-13-8-15-11(9-18)2-1-3-16(15)19-13/h1-8,19H,9-10,18H2. The van der Waals surface area contributed by atoms with Crippen LogP contribution in [-0.2, 0) is 13.2 Å². The second-order valence-corrected chi connectivity index (χ2v) is 5.06. The maximum atomic E-state index is 5.84. The van der Waals surface area contributed by atoms with Crippen molar-refractivity contribution in [2.45, 2.75) is 13.2 Å². The van der Waals surface area contributed by atoms with Crippen LogP contribution in [0, 0.1) is 0 Å². The van der Waals surface area contributed by atoms with Gasteiger partial charge in [-0.05, 0) is 42.0 Å². The Morgan fingerprint density at radius 3 is 2.65 bits per heavy atom. The van der Waals surface area contributed by atoms with E-state index in [1.165, 1.54) is 0 Å². The zero-order valence-corrected chi connectivity index (χ0v) is 11.7. The third kappa shape index (κ3) is 2.64. The number of aromatic amines is 1. The second kappa shape index (κ2) is 5.57. The minimum absolute atomic E-state index is 0.486. The average molecular weight is 287 g/mol. The highest BCUT2D eigenvalue weighted by atomic mass is 35.5. The number of nitrogens with two attached hydrogens (primary N) is 1. The van der Waals surface area contributed by atoms with Crippen molar-refractivity contribution >= 4 is 22.5 Å². The number of H-pyrrole nitrogens is 1. The monoisotopic (exact) mass is 286 g/mol. The maximum Gasteiger partial charge on any atom is 0.128 e. The van der Waals surface area contributed by atoms with Crippen LogP contribution in [0.4, 0.5) is 0 Å². The van der Waals surface area contributed by atoms with E-state index in [1.54, 1.807) is 0 Å². The molecule has 0 atom stereocenters. The van der Waals surface area contributed by atoms with E-state index in [2.05, 4.69) is 11.1 Å². The van der Waals surface area contributed by atoms with Crippen molar-refractivity contribution in [1.29, 1.82) is 0 Å². The molecule has 2 aromatic carbocycles. The quantitative estimate of drug-likeness (QED) is 0.765. The van der Waals surface area contributed by atoms with E-state index in [0.717, 1.165) is 27.9 Å². The first-order valence-electron chi connectivity index (χ1n) is 6.44. The summed E-state index contributed by atoms with van der Waals surface area (Å²) >= 11 is 5.84. The van der Waals surface area contributed by atoms with Crippen LogP contribution in [0.15, 0.2) is 48.5 Å². The van der Waals surface area contributed by atoms with Gasteiger partial charge in [0.15, 0.2) is 0 Å². The Kier molecular flexibility index (Phi) is 3.63. The molecule has 3 rings (SSSR count). The Labute approximate surface area is 122 Å². The molecule has 3 aromatic rings. The SMILES string of the molecule is NCc1cccc2[nH]c(COc3ccc(Cl)cc3)cc12. The van der Waals surface area contributed by atoms with Gasteiger partial charge in [-0.3, -0.25) is 0 Å². The number of benzene rings is 2. The number of aromatic nitrogens is 1. The van der Waals surface area contributed by atoms with Gasteiger partial charge in [-0.25, -0.2) is 0 Å². The van der Waals surface area contributed by atoms with E-state index in [0.29, 0.717) is 18.2 Å². The third-order valence-electron chi connectivity index (χ3n) is 3.24. The Hall–Kier alpha value is -1.97. The second-order valence-electron chi connectivity index (χ2n) is 4.62. The van der Waals surface area contributed by atoms with Gasteiger partial charge < -0.3 is 15.5 Å². The molecule has 20 heavy (non-hydrogen) atoms. The molecule has 0 radical (unpaired) electrons. The molecule has 0 bridgehead atoms. The summed E-state index contributed by atoms with van der Waals surface area (Å²) in [5, 5.41) is 1.86. The third-order valence-corrected chi connectivity index (χ3v) is 3.49. The Bertz CT molecular complexity index is 719. The molecule has 0 unspecified atom stereocenters. The van der Waals surface area contributed by atoms with E-state index in [1.807, 2.05) is 42.5 Å². The lowest BCUT2D eigenvalue weighted by atomic mass is 10.1. The van der Waals surface area contributed by atoms with Gasteiger partial charge in [-0.2, -0.15) is 0 Å². The fraction of sp³-hybridized carbons (Fsp3) is 0.125. The summed E-state index contributed by atoms with van der Waals surface area (Å²) in [5.41, 5.74) is 8.99. The van der Waals surface area contributed by atoms with E-state index in [4.69, 9.17) is 22.1 Å². The normalized spacial score (nSPS) is 10.9. The summed E-state index contributed by atoms with van der Waals surface area (Å²) in [5.74, 6) is 0.798. The van der Waals surface area contributed by atoms with Crippen molar-refractivity contribution in [3.63, 3.8) is 0 Å². The smallest absolute Gasteiger partial charge is 0.128 e. The molecule has 0 aliphatic carbocycles. The van der Waals surface area contributed by atoms with Crippen LogP contribution in [0.25, 0.3) is 10.9 Å². The van der Waals surface area contributed by atoms with Crippen molar-refractivity contribution in [2.75, 3.05) is 0 Å². The zero-order chi connectivity index (χ0) is 13.9. The van der Waals surface area contributed by atoms with Crippen molar-refractivity contribution in [3.05, 3.63) is 64.8 Å². The number of nitrogens with one attached hydrogen (secondary N) is 1. The van der Waals surface area contributed by atoms with Gasteiger partial charge in [0, 0.05) is 22.5 Å². The summed E-state index contributed by atoms with van der Waals surface area (Å²) in [6.45, 7) is 1.02. The van der Waals surface area contributed by atoms with Gasteiger partial charge in [0.2, 0.25) is 0 Å². The van der Waals surface area contributed by atoms with E-state index in [9.17, 15) is 0 Å². The fourth-order valence-corrected chi connectivity index (χ4v) is 2.35. The Morgan fingerprint density at radius 2 is 1.90 bits per heavy atom. The summed E-state index contributed by atoms with van der Waals surface area (Å²) in [7, 11) is 0. The molecule has 0 amide bonds. The van der Waals surface area contributed by atoms with Crippen molar-refractivity contribution in [3.8, 4) is 5.75 Å². The minimum Gasteiger partial charge on any atom is -0.487 e. The van der Waals surface area contributed by atoms with Crippen LogP contribution in [0.3, 0.4) is 0 Å². The predicted octanol–water partition coefficient (Wildman–Crippen LogP) is 3.86. The van der Waals surface area contributed by atoms with Crippen LogP contribution in [0.1, 0.15) is 11.3 Å². The van der Waals surface area contributed by atoms with E-state index in [-0.39, 0.29) is 0 Å². The first kappa shape index (κ1) is 13.0. The van der Waals surface area contributed by atoms with Crippen LogP contribution in [0.2, 0.25) is 5.02 Å². The van der Waals surface area contributed by atoms with Gasteiger partial charge in [0.05, 0.1) is 5.69 Å². The predicted molar refractivity (Wildman–Crippen MR) is 82.0 cm³/mol. The number of rotatable bonds is 4. The molecule has 0 aliphatic rings. The van der Waals surface area contributed by atoms with Gasteiger partial charge in [0.25, 0.3) is 0 Å². The topological polar surface area (TPSA) is 51.0 Å². The molecule has 0 saturated heterocycles. The van der Waals surface area contributed by atoms with Gasteiger partial charge in [-0.15, -0.1) is 0 Å². The summed E-state index contributed by atoms with van der Waals surface area (Å²) in [6.07, 6.45) is 0. The number of ether oxygens (including phenoxy) is 1. The number of halogens is 1. The molecule has 0 fully saturated rings. The fourth-order valence-electron chi connectivity index (χ4n) is 2.22. The summed E-state index contributed by atoms with van der Waals surface area (Å²) in [4.78, 5) is 3.35. The molecule has 1 heterocycles. The highest BCUT2D eigenvalue weighted by Gasteiger charge is 2.05. The maximum absolute atomic E-state index is 5.84. The lowest BCUT2D eigenvalue weighted by molar-refractivity contribution is 0.302. The van der Waals surface area contributed by atoms with Crippen LogP contribution in [-0.4, -0.2) is 4.98 Å². The van der Waals surface area contributed by atoms with E-state index >= 15 is 0 Å². The molecule has 0 spiro atoms. The molecular weight excluding hydrogens is 272 g/mol. The highest BCUT2D eigenvalue weighted by molar-refractivity contribution is 6.30. The van der Waals surface area contributed by atoms with Crippen molar-refractivity contribution < 1.29 is 4.74 Å². The minimum atomic E-state index is 0.486. The zero-order valence-electron chi connectivity index (χ0n) is 10.9. The van der Waals surface area contributed by atoms with Crippen molar-refractivity contribution in [2.24, 2.45) is 5.73 Å². The number of fused-ring (bicyclic) bond motifs is 1. The van der Waals surface area contributed by atoms with Gasteiger partial charge in [0.1, 0.15) is 12.4 Å². The molecule has 1 aromatic heterocycles. The molecule has 4 heteroatoms. The van der Waals surface area contributed by atoms with Crippen LogP contribution in [0.5, 0.6) is 5.75 Å². The van der Waals surface area contributed by atoms with Gasteiger partial charge in [-0.1, -0.05) is 23.7 Å². The molecule has 0 saturated carbocycles. The van der Waals surface area contributed by atoms with Crippen LogP contribution >= 0.6 is 11.6 Å². The number of hydrogen-bond donors (Lipinski definition) is 2. The molecule has 3 nitrogen and oxygen atoms in total. The Morgan fingerprint density at radius 1 is 1.10 bits per heavy atom. The van der Waals surface area contributed by atoms with E-state index < -0.39 is 0 Å². The summed E-state index contributed by atoms with van der Waals surface area (Å²) < 4.78 is 5.73. The number of hydrogen-bond acceptors (Lipinski definition) is 2. The molecular formula is C16H15ClN2O. The molecule has 3 N–H and O–H groups in total. The first-order valence-corrected chi connectivity index (χ1v) is 6.82. The highest BCUT2D eigenvalue weighted by Crippen LogP contribution is 2.21. The molecule has 102 valence electrons. The Balaban J connectivity index is 1.79. The lowest BCUT2D eigenvalue weighted by Crippen LogP contribution is -1.95. The average Bonchev–Trinajstić information content (AvgIpc) is 2.89. The van der Waals surface area contributed by atoms with Gasteiger partial charge >= 0.3 is 0 Å². The van der Waals surface area contributed by atoms with Crippen LogP contribution < -0.4 is 10.5 Å². The lowest BCUT2D eigenvalue weighted by Gasteiger charge is -2.04. The largest absolute Gasteiger partial charge is 0.487 e. The molecule has 0 aliphatic heterocycles. The first-order chi connectivity index (χ1) is 9.76. The van der Waals surface area contributed by atoms with Crippen molar-refractivity contribution in [1.82, 2.24) is 4.98 Å².